The summed E-state index contributed by atoms with van der Waals surface area (Å²) >= 11 is -0.658. The van der Waals surface area contributed by atoms with Gasteiger partial charge in [0.2, 0.25) is 5.82 Å². The van der Waals surface area contributed by atoms with Crippen molar-refractivity contribution in [3.8, 4) is 22.5 Å². The second-order valence-electron chi connectivity index (χ2n) is 15.9. The van der Waals surface area contributed by atoms with Crippen LogP contribution < -0.4 is 57.2 Å². The minimum absolute atomic E-state index is 0.0534. The monoisotopic (exact) mass is 1170 g/mol. The van der Waals surface area contributed by atoms with Crippen LogP contribution in [0.5, 0.6) is 0 Å². The summed E-state index contributed by atoms with van der Waals surface area (Å²) < 4.78 is 140. The third-order valence-corrected chi connectivity index (χ3v) is 20.7. The molecule has 66 heavy (non-hydrogen) atoms. The van der Waals surface area contributed by atoms with Gasteiger partial charge < -0.3 is 0 Å². The van der Waals surface area contributed by atoms with E-state index in [9.17, 15) is 38.8 Å². The number of hydrogen-bond acceptors (Lipinski definition) is 7. The van der Waals surface area contributed by atoms with Crippen molar-refractivity contribution in [1.29, 1.82) is 0 Å². The van der Waals surface area contributed by atoms with Gasteiger partial charge in [0.05, 0.1) is 0 Å². The third kappa shape index (κ3) is 10.0. The molecule has 0 saturated heterocycles. The Balaban J connectivity index is 1.47. The van der Waals surface area contributed by atoms with Crippen LogP contribution in [0.1, 0.15) is 77.3 Å². The van der Waals surface area contributed by atoms with E-state index in [0.29, 0.717) is 33.3 Å². The zero-order valence-electron chi connectivity index (χ0n) is 36.7. The fourth-order valence-corrected chi connectivity index (χ4v) is 15.4. The van der Waals surface area contributed by atoms with Crippen molar-refractivity contribution < 1.29 is 85.6 Å². The molecule has 1 aliphatic heterocycles. The molecule has 0 amide bonds. The Morgan fingerprint density at radius 1 is 0.636 bits per heavy atom. The maximum absolute atomic E-state index is 14.8. The zero-order chi connectivity index (χ0) is 47.7. The molecule has 7 rings (SSSR count). The zero-order valence-corrected chi connectivity index (χ0v) is 42.6. The summed E-state index contributed by atoms with van der Waals surface area (Å²) in [6.45, 7) is 12.8. The number of nitrogens with zero attached hydrogens (tertiary/aromatic N) is 1. The van der Waals surface area contributed by atoms with Crippen LogP contribution in [0.4, 0.5) is 39.0 Å². The van der Waals surface area contributed by atoms with Crippen LogP contribution in [0, 0.1) is 36.2 Å². The van der Waals surface area contributed by atoms with Gasteiger partial charge in [-0.25, -0.2) is 30.4 Å². The van der Waals surface area contributed by atoms with Gasteiger partial charge in [-0.2, -0.15) is 0 Å². The first-order valence-electron chi connectivity index (χ1n) is 21.0. The quantitative estimate of drug-likeness (QED) is 0.0301. The summed E-state index contributed by atoms with van der Waals surface area (Å²) in [6.07, 6.45) is 2.10. The molecular weight excluding hydrogens is 1120 g/mol. The summed E-state index contributed by atoms with van der Waals surface area (Å²) in [5.74, 6) is -12.5. The number of para-hydroxylation sites is 2. The van der Waals surface area contributed by atoms with Crippen LogP contribution in [0.25, 0.3) is 33.4 Å². The number of anilines is 2. The number of nitrogens with one attached hydrogen (secondary N) is 2. The molecule has 1 aliphatic carbocycles. The van der Waals surface area contributed by atoms with E-state index >= 15 is 0 Å². The van der Waals surface area contributed by atoms with Gasteiger partial charge in [-0.1, -0.05) is 0 Å². The average Bonchev–Trinajstić information content (AvgIpc) is 3.28. The molecule has 5 aromatic rings. The summed E-state index contributed by atoms with van der Waals surface area (Å²) in [6, 6.07) is 28.5. The molecule has 0 aromatic heterocycles. The SMILES string of the molecule is CCC[I-]c1cccc(C(C)C)c1N=c1ccc2c(-c3ccccc3S(=O)(=O)NS(=O)(=O)c3c(F)c(F)c(F)c(F)c3F)c3ccc(Nc4c([I-]CCC)cccc4C(C)C)cc3oc-2c1. The number of halogens is 7. The number of hydrogen-bond donors (Lipinski definition) is 2. The van der Waals surface area contributed by atoms with E-state index in [1.165, 1.54) is 29.5 Å². The van der Waals surface area contributed by atoms with Crippen LogP contribution in [0.3, 0.4) is 0 Å². The number of fused-ring (bicyclic) bond motifs is 2. The van der Waals surface area contributed by atoms with E-state index in [0.717, 1.165) is 50.3 Å². The standard InChI is InChI=1S/C49H46F5I2N3O5S2/c1-7-23-55-36-16-11-14-31(27(3)4)47(36)57-29-19-21-33-38(25-29)64-39-26-30(58-48-32(28(5)6)15-12-17-37(48)56-24-8-2)20-22-34(39)41(33)35-13-9-10-18-40(35)65(60,61)59-66(62,63)49-45(53)43(51)42(50)44(52)46(49)54/h9-22,25-28,57,59H,7-8,23-24H2,1-6H3/q-2. The molecule has 2 aliphatic rings. The van der Waals surface area contributed by atoms with Crippen molar-refractivity contribution in [2.45, 2.75) is 76.0 Å². The van der Waals surface area contributed by atoms with E-state index in [4.69, 9.17) is 9.41 Å². The molecule has 0 atom stereocenters. The molecule has 2 N–H and O–H groups in total. The van der Waals surface area contributed by atoms with Crippen LogP contribution in [-0.2, 0) is 20.0 Å². The predicted molar refractivity (Wildman–Crippen MR) is 239 cm³/mol. The Labute approximate surface area is 402 Å². The molecule has 17 heteroatoms. The third-order valence-electron chi connectivity index (χ3n) is 10.5. The predicted octanol–water partition coefficient (Wildman–Crippen LogP) is 6.13. The van der Waals surface area contributed by atoms with Gasteiger partial charge >= 0.3 is 331 Å². The fourth-order valence-electron chi connectivity index (χ4n) is 7.43. The van der Waals surface area contributed by atoms with Gasteiger partial charge in [-0.15, -0.1) is 0 Å². The Morgan fingerprint density at radius 2 is 1.24 bits per heavy atom. The van der Waals surface area contributed by atoms with Crippen molar-refractivity contribution in [2.75, 3.05) is 14.2 Å². The summed E-state index contributed by atoms with van der Waals surface area (Å²) in [5, 5.41) is 4.63. The van der Waals surface area contributed by atoms with Gasteiger partial charge in [0.15, 0.2) is 28.2 Å². The first-order chi connectivity index (χ1) is 31.4. The number of benzene rings is 6. The first-order valence-corrected chi connectivity index (χ1v) is 29.2. The molecule has 0 fully saturated rings. The fraction of sp³-hybridized carbons (Fsp3) is 0.245. The second kappa shape index (κ2) is 20.4. The molecule has 0 saturated carbocycles. The van der Waals surface area contributed by atoms with Crippen molar-refractivity contribution in [3.63, 3.8) is 0 Å². The van der Waals surface area contributed by atoms with Gasteiger partial charge in [0.1, 0.15) is 0 Å². The Hall–Kier alpha value is -4.44. The summed E-state index contributed by atoms with van der Waals surface area (Å²) in [7, 11) is -11.3. The average molecular weight is 1170 g/mol. The number of rotatable bonds is 16. The van der Waals surface area contributed by atoms with Crippen LogP contribution >= 0.6 is 0 Å². The first kappa shape index (κ1) is 49.5. The van der Waals surface area contributed by atoms with Gasteiger partial charge in [0, 0.05) is 0 Å². The van der Waals surface area contributed by atoms with Crippen molar-refractivity contribution >= 4 is 48.1 Å². The van der Waals surface area contributed by atoms with Crippen LogP contribution in [0.2, 0.25) is 0 Å². The van der Waals surface area contributed by atoms with E-state index in [-0.39, 0.29) is 65.4 Å². The molecule has 8 nitrogen and oxygen atoms in total. The van der Waals surface area contributed by atoms with E-state index in [1.54, 1.807) is 30.3 Å². The van der Waals surface area contributed by atoms with Crippen LogP contribution in [-0.4, -0.2) is 25.7 Å². The minimum atomic E-state index is -5.95. The molecule has 0 radical (unpaired) electrons. The molecule has 350 valence electrons. The Kier molecular flexibility index (Phi) is 15.3. The molecule has 0 spiro atoms. The second-order valence-corrected chi connectivity index (χ2v) is 25.5. The van der Waals surface area contributed by atoms with Crippen molar-refractivity contribution in [1.82, 2.24) is 4.13 Å². The normalized spacial score (nSPS) is 12.7. The molecule has 1 heterocycles. The van der Waals surface area contributed by atoms with Crippen LogP contribution in [0.15, 0.2) is 116 Å². The molecular formula is C49H46F5I2N3O5S2-2. The Bertz CT molecular complexity index is 3230. The molecule has 0 bridgehead atoms. The van der Waals surface area contributed by atoms with Gasteiger partial charge in [-0.3, -0.25) is 0 Å². The van der Waals surface area contributed by atoms with Crippen molar-refractivity contribution in [2.24, 2.45) is 4.99 Å². The van der Waals surface area contributed by atoms with Gasteiger partial charge in [0.25, 0.3) is 10.0 Å². The summed E-state index contributed by atoms with van der Waals surface area (Å²) in [5.41, 5.74) is 5.76. The van der Waals surface area contributed by atoms with E-state index < -0.39 is 58.9 Å². The van der Waals surface area contributed by atoms with E-state index in [2.05, 4.69) is 83.3 Å². The maximum atomic E-state index is 14.8. The van der Waals surface area contributed by atoms with Crippen molar-refractivity contribution in [3.05, 3.63) is 150 Å². The molecule has 0 unspecified atom stereocenters. The van der Waals surface area contributed by atoms with E-state index in [1.807, 2.05) is 6.07 Å². The topological polar surface area (TPSA) is 118 Å². The summed E-state index contributed by atoms with van der Waals surface area (Å²) in [4.78, 5) is 2.17. The van der Waals surface area contributed by atoms with Gasteiger partial charge in [-0.05, 0) is 0 Å². The Morgan fingerprint density at radius 3 is 1.89 bits per heavy atom. The number of alkyl halides is 2. The molecule has 5 aromatic carbocycles. The number of sulfonamides is 2.